The molecule has 17 heavy (non-hydrogen) atoms. The van der Waals surface area contributed by atoms with Gasteiger partial charge in [0.05, 0.1) is 0 Å². The molecule has 1 fully saturated rings. The largest absolute Gasteiger partial charge is 0.490 e. The second-order valence-electron chi connectivity index (χ2n) is 4.98. The molecule has 1 aliphatic heterocycles. The van der Waals surface area contributed by atoms with Crippen molar-refractivity contribution in [2.75, 3.05) is 0 Å². The van der Waals surface area contributed by atoms with E-state index in [1.807, 2.05) is 0 Å². The molecule has 0 amide bonds. The molecule has 0 radical (unpaired) electrons. The third-order valence-corrected chi connectivity index (χ3v) is 3.51. The van der Waals surface area contributed by atoms with E-state index < -0.39 is 0 Å². The molecule has 2 nitrogen and oxygen atoms in total. The third kappa shape index (κ3) is 2.33. The van der Waals surface area contributed by atoms with Crippen LogP contribution in [0.25, 0.3) is 0 Å². The first-order chi connectivity index (χ1) is 8.22. The molecule has 0 aromatic heterocycles. The summed E-state index contributed by atoms with van der Waals surface area (Å²) in [6, 6.07) is 4.61. The fraction of sp³-hybridized carbons (Fsp3) is 0.500. The molecule has 1 unspecified atom stereocenters. The lowest BCUT2D eigenvalue weighted by atomic mass is 10.0. The second kappa shape index (κ2) is 4.13. The summed E-state index contributed by atoms with van der Waals surface area (Å²) in [5.41, 5.74) is 0.925. The first kappa shape index (κ1) is 10.8. The molecule has 1 aromatic rings. The van der Waals surface area contributed by atoms with Crippen molar-refractivity contribution >= 4 is 5.78 Å². The van der Waals surface area contributed by atoms with E-state index in [9.17, 15) is 9.18 Å². The van der Waals surface area contributed by atoms with Gasteiger partial charge in [0.15, 0.2) is 0 Å². The smallest absolute Gasteiger partial charge is 0.136 e. The van der Waals surface area contributed by atoms with E-state index in [1.54, 1.807) is 6.07 Å². The number of halogens is 1. The van der Waals surface area contributed by atoms with E-state index in [4.69, 9.17) is 4.74 Å². The quantitative estimate of drug-likeness (QED) is 0.800. The van der Waals surface area contributed by atoms with Gasteiger partial charge in [-0.15, -0.1) is 0 Å². The first-order valence-electron chi connectivity index (χ1n) is 6.20. The van der Waals surface area contributed by atoms with Crippen molar-refractivity contribution in [3.05, 3.63) is 29.6 Å². The van der Waals surface area contributed by atoms with E-state index in [1.165, 1.54) is 12.1 Å². The Kier molecular flexibility index (Phi) is 2.61. The summed E-state index contributed by atoms with van der Waals surface area (Å²) in [4.78, 5) is 11.6. The van der Waals surface area contributed by atoms with Crippen LogP contribution >= 0.6 is 0 Å². The first-order valence-corrected chi connectivity index (χ1v) is 6.20. The Bertz CT molecular complexity index is 452. The Balaban J connectivity index is 1.56. The summed E-state index contributed by atoms with van der Waals surface area (Å²) < 4.78 is 18.7. The van der Waals surface area contributed by atoms with Crippen LogP contribution in [-0.4, -0.2) is 11.9 Å². The number of ether oxygens (including phenoxy) is 1. The predicted octanol–water partition coefficient (Wildman–Crippen LogP) is 2.89. The van der Waals surface area contributed by atoms with Crippen LogP contribution in [0.3, 0.4) is 0 Å². The van der Waals surface area contributed by atoms with Crippen molar-refractivity contribution in [1.82, 2.24) is 0 Å². The number of carbonyl (C=O) groups is 1. The number of hydrogen-bond acceptors (Lipinski definition) is 2. The molecular formula is C14H15FO2. The van der Waals surface area contributed by atoms with Gasteiger partial charge < -0.3 is 4.74 Å². The molecule has 0 spiro atoms. The zero-order valence-electron chi connectivity index (χ0n) is 9.62. The minimum absolute atomic E-state index is 0.0505. The lowest BCUT2D eigenvalue weighted by Gasteiger charge is -2.09. The summed E-state index contributed by atoms with van der Waals surface area (Å²) in [5.74, 6) is 1.25. The fourth-order valence-corrected chi connectivity index (χ4v) is 2.36. The van der Waals surface area contributed by atoms with Crippen LogP contribution in [0.2, 0.25) is 0 Å². The normalized spacial score (nSPS) is 22.1. The van der Waals surface area contributed by atoms with Crippen LogP contribution in [0, 0.1) is 11.7 Å². The van der Waals surface area contributed by atoms with E-state index in [2.05, 4.69) is 0 Å². The number of benzene rings is 1. The molecular weight excluding hydrogens is 219 g/mol. The standard InChI is InChI=1S/C14H15FO2/c15-11-3-6-14-10(7-11)8-12(17-14)4-5-13(16)9-1-2-9/h3,6-7,9,12H,1-2,4-5,8H2. The van der Waals surface area contributed by atoms with Crippen LogP contribution in [0.1, 0.15) is 31.2 Å². The predicted molar refractivity (Wildman–Crippen MR) is 61.5 cm³/mol. The highest BCUT2D eigenvalue weighted by molar-refractivity contribution is 5.83. The molecule has 1 aromatic carbocycles. The van der Waals surface area contributed by atoms with E-state index in [-0.39, 0.29) is 11.9 Å². The molecule has 0 N–H and O–H groups in total. The lowest BCUT2D eigenvalue weighted by Crippen LogP contribution is -2.15. The van der Waals surface area contributed by atoms with Crippen LogP contribution in [0.15, 0.2) is 18.2 Å². The summed E-state index contributed by atoms with van der Waals surface area (Å²) in [6.45, 7) is 0. The molecule has 1 saturated carbocycles. The minimum atomic E-state index is -0.220. The van der Waals surface area contributed by atoms with Crippen molar-refractivity contribution < 1.29 is 13.9 Å². The fourth-order valence-electron chi connectivity index (χ4n) is 2.36. The van der Waals surface area contributed by atoms with E-state index >= 15 is 0 Å². The van der Waals surface area contributed by atoms with Crippen LogP contribution < -0.4 is 4.74 Å². The Morgan fingerprint density at radius 1 is 1.41 bits per heavy atom. The van der Waals surface area contributed by atoms with Gasteiger partial charge in [0.1, 0.15) is 23.5 Å². The maximum atomic E-state index is 13.0. The topological polar surface area (TPSA) is 26.3 Å². The van der Waals surface area contributed by atoms with E-state index in [0.717, 1.165) is 37.0 Å². The van der Waals surface area contributed by atoms with Crippen molar-refractivity contribution in [3.8, 4) is 5.75 Å². The Morgan fingerprint density at radius 2 is 2.24 bits per heavy atom. The highest BCUT2D eigenvalue weighted by Gasteiger charge is 2.30. The van der Waals surface area contributed by atoms with Crippen LogP contribution in [0.5, 0.6) is 5.75 Å². The molecule has 2 aliphatic rings. The average Bonchev–Trinajstić information content (AvgIpc) is 3.07. The minimum Gasteiger partial charge on any atom is -0.490 e. The number of fused-ring (bicyclic) bond motifs is 1. The lowest BCUT2D eigenvalue weighted by molar-refractivity contribution is -0.120. The molecule has 0 saturated heterocycles. The summed E-state index contributed by atoms with van der Waals surface area (Å²) in [6.07, 6.45) is 4.27. The average molecular weight is 234 g/mol. The zero-order chi connectivity index (χ0) is 11.8. The second-order valence-corrected chi connectivity index (χ2v) is 4.98. The number of rotatable bonds is 4. The van der Waals surface area contributed by atoms with Gasteiger partial charge in [-0.2, -0.15) is 0 Å². The monoisotopic (exact) mass is 234 g/mol. The summed E-state index contributed by atoms with van der Waals surface area (Å²) >= 11 is 0. The van der Waals surface area contributed by atoms with Gasteiger partial charge in [0.2, 0.25) is 0 Å². The van der Waals surface area contributed by atoms with Gasteiger partial charge in [0, 0.05) is 24.3 Å². The van der Waals surface area contributed by atoms with Crippen molar-refractivity contribution in [2.24, 2.45) is 5.92 Å². The molecule has 1 atom stereocenters. The van der Waals surface area contributed by atoms with Crippen LogP contribution in [-0.2, 0) is 11.2 Å². The van der Waals surface area contributed by atoms with Gasteiger partial charge in [-0.25, -0.2) is 4.39 Å². The van der Waals surface area contributed by atoms with Gasteiger partial charge >= 0.3 is 0 Å². The van der Waals surface area contributed by atoms with Gasteiger partial charge in [-0.3, -0.25) is 4.79 Å². The number of Topliss-reactive ketones (excluding diaryl/α,β-unsaturated/α-hetero) is 1. The number of hydrogen-bond donors (Lipinski definition) is 0. The van der Waals surface area contributed by atoms with Crippen molar-refractivity contribution in [3.63, 3.8) is 0 Å². The molecule has 1 heterocycles. The zero-order valence-corrected chi connectivity index (χ0v) is 9.62. The molecule has 90 valence electrons. The Morgan fingerprint density at radius 3 is 3.00 bits per heavy atom. The SMILES string of the molecule is O=C(CCC1Cc2cc(F)ccc2O1)C1CC1. The molecule has 1 aliphatic carbocycles. The number of ketones is 1. The molecule has 3 rings (SSSR count). The van der Waals surface area contributed by atoms with E-state index in [0.29, 0.717) is 18.1 Å². The van der Waals surface area contributed by atoms with Crippen molar-refractivity contribution in [2.45, 2.75) is 38.2 Å². The molecule has 3 heteroatoms. The Labute approximate surface area is 99.8 Å². The maximum Gasteiger partial charge on any atom is 0.136 e. The Hall–Kier alpha value is -1.38. The summed E-state index contributed by atoms with van der Waals surface area (Å²) in [5, 5.41) is 0. The number of carbonyl (C=O) groups excluding carboxylic acids is 1. The summed E-state index contributed by atoms with van der Waals surface area (Å²) in [7, 11) is 0. The van der Waals surface area contributed by atoms with Gasteiger partial charge in [-0.05, 0) is 37.5 Å². The van der Waals surface area contributed by atoms with Crippen LogP contribution in [0.4, 0.5) is 4.39 Å². The van der Waals surface area contributed by atoms with Gasteiger partial charge in [-0.1, -0.05) is 0 Å². The van der Waals surface area contributed by atoms with Gasteiger partial charge in [0.25, 0.3) is 0 Å². The highest BCUT2D eigenvalue weighted by atomic mass is 19.1. The molecule has 0 bridgehead atoms. The highest BCUT2D eigenvalue weighted by Crippen LogP contribution is 2.34. The van der Waals surface area contributed by atoms with Crippen molar-refractivity contribution in [1.29, 1.82) is 0 Å². The maximum absolute atomic E-state index is 13.0. The third-order valence-electron chi connectivity index (χ3n) is 3.51.